The van der Waals surface area contributed by atoms with Crippen LogP contribution in [-0.4, -0.2) is 0 Å². The van der Waals surface area contributed by atoms with E-state index in [2.05, 4.69) is 6.58 Å². The van der Waals surface area contributed by atoms with Gasteiger partial charge in [0.05, 0.1) is 0 Å². The Morgan fingerprint density at radius 2 is 2.12 bits per heavy atom. The monoisotopic (exact) mass is 108 g/mol. The van der Waals surface area contributed by atoms with Gasteiger partial charge in [-0.25, -0.2) is 0 Å². The van der Waals surface area contributed by atoms with Gasteiger partial charge in [-0.1, -0.05) is 12.2 Å². The van der Waals surface area contributed by atoms with E-state index in [0.29, 0.717) is 0 Å². The Morgan fingerprint density at radius 1 is 1.25 bits per heavy atom. The van der Waals surface area contributed by atoms with Gasteiger partial charge in [-0.15, -0.1) is 0 Å². The van der Waals surface area contributed by atoms with Crippen molar-refractivity contribution in [2.75, 3.05) is 0 Å². The molecule has 0 saturated carbocycles. The molecule has 0 amide bonds. The van der Waals surface area contributed by atoms with Crippen molar-refractivity contribution in [1.29, 1.82) is 0 Å². The highest BCUT2D eigenvalue weighted by molar-refractivity contribution is 5.28. The van der Waals surface area contributed by atoms with Crippen molar-refractivity contribution in [3.05, 3.63) is 23.7 Å². The normalized spacial score (nSPS) is 24.8. The predicted octanol–water partition coefficient (Wildman–Crippen LogP) is 1.97. The number of hydrogen-bond acceptors (Lipinski definition) is 1. The summed E-state index contributed by atoms with van der Waals surface area (Å²) >= 11 is 0. The van der Waals surface area contributed by atoms with Crippen molar-refractivity contribution in [2.24, 2.45) is 0 Å². The van der Waals surface area contributed by atoms with Crippen LogP contribution in [0.4, 0.5) is 0 Å². The van der Waals surface area contributed by atoms with E-state index in [1.54, 1.807) is 0 Å². The summed E-state index contributed by atoms with van der Waals surface area (Å²) < 4.78 is 5.12. The average molecular weight is 108 g/mol. The fourth-order valence-electron chi connectivity index (χ4n) is 1.05. The number of allylic oxidation sites excluding steroid dienone is 2. The van der Waals surface area contributed by atoms with Gasteiger partial charge in [0.2, 0.25) is 0 Å². The molecule has 0 atom stereocenters. The minimum absolute atomic E-state index is 1.01. The summed E-state index contributed by atoms with van der Waals surface area (Å²) in [6.07, 6.45) is 3.25. The second kappa shape index (κ2) is 1.16. The molecule has 0 spiro atoms. The standard InChI is InChI=1S/C7H8O/c1-5-2-3-6-7(4-5)8-6/h1-4H2. The average Bonchev–Trinajstić information content (AvgIpc) is 2.43. The molecule has 42 valence electrons. The van der Waals surface area contributed by atoms with Gasteiger partial charge in [-0.05, 0) is 6.42 Å². The summed E-state index contributed by atoms with van der Waals surface area (Å²) in [5.41, 5.74) is 1.32. The first-order chi connectivity index (χ1) is 3.86. The van der Waals surface area contributed by atoms with E-state index < -0.39 is 0 Å². The highest BCUT2D eigenvalue weighted by Crippen LogP contribution is 2.40. The molecule has 2 rings (SSSR count). The van der Waals surface area contributed by atoms with E-state index in [9.17, 15) is 0 Å². The molecule has 1 aliphatic carbocycles. The molecule has 2 aliphatic rings. The first-order valence-corrected chi connectivity index (χ1v) is 2.93. The molecular formula is C7H8O. The van der Waals surface area contributed by atoms with Crippen molar-refractivity contribution in [3.63, 3.8) is 0 Å². The van der Waals surface area contributed by atoms with E-state index in [-0.39, 0.29) is 0 Å². The van der Waals surface area contributed by atoms with Crippen molar-refractivity contribution in [1.82, 2.24) is 0 Å². The third-order valence-corrected chi connectivity index (χ3v) is 1.63. The molecule has 0 aromatic carbocycles. The molecule has 0 unspecified atom stereocenters. The molecule has 0 saturated heterocycles. The Morgan fingerprint density at radius 3 is 2.75 bits per heavy atom. The van der Waals surface area contributed by atoms with Crippen LogP contribution in [0.5, 0.6) is 0 Å². The molecular weight excluding hydrogens is 100 g/mol. The molecule has 1 nitrogen and oxygen atoms in total. The van der Waals surface area contributed by atoms with E-state index in [4.69, 9.17) is 4.74 Å². The molecule has 0 radical (unpaired) electrons. The highest BCUT2D eigenvalue weighted by Gasteiger charge is 2.28. The molecule has 8 heavy (non-hydrogen) atoms. The molecule has 0 aromatic heterocycles. The number of rotatable bonds is 0. The van der Waals surface area contributed by atoms with Crippen LogP contribution in [-0.2, 0) is 4.74 Å². The Labute approximate surface area is 48.7 Å². The Kier molecular flexibility index (Phi) is 0.608. The minimum Gasteiger partial charge on any atom is -0.459 e. The fourth-order valence-corrected chi connectivity index (χ4v) is 1.05. The summed E-state index contributed by atoms with van der Waals surface area (Å²) in [5.74, 6) is 2.43. The van der Waals surface area contributed by atoms with E-state index in [0.717, 1.165) is 19.3 Å². The first-order valence-electron chi connectivity index (χ1n) is 2.93. The van der Waals surface area contributed by atoms with E-state index >= 15 is 0 Å². The van der Waals surface area contributed by atoms with Crippen LogP contribution in [0.1, 0.15) is 19.3 Å². The van der Waals surface area contributed by atoms with Crippen molar-refractivity contribution < 1.29 is 4.74 Å². The van der Waals surface area contributed by atoms with Gasteiger partial charge >= 0.3 is 0 Å². The van der Waals surface area contributed by atoms with Gasteiger partial charge in [-0.3, -0.25) is 0 Å². The largest absolute Gasteiger partial charge is 0.459 e. The van der Waals surface area contributed by atoms with Gasteiger partial charge in [0.15, 0.2) is 0 Å². The van der Waals surface area contributed by atoms with Crippen molar-refractivity contribution in [3.8, 4) is 0 Å². The SMILES string of the molecule is C=C1CCC2=C(C1)O2. The zero-order valence-electron chi connectivity index (χ0n) is 4.74. The lowest BCUT2D eigenvalue weighted by molar-refractivity contribution is 0.458. The van der Waals surface area contributed by atoms with Crippen LogP contribution < -0.4 is 0 Å². The fraction of sp³-hybridized carbons (Fsp3) is 0.429. The number of hydrogen-bond donors (Lipinski definition) is 0. The second-order valence-electron chi connectivity index (χ2n) is 2.38. The van der Waals surface area contributed by atoms with E-state index in [1.807, 2.05) is 0 Å². The Balaban J connectivity index is 2.19. The van der Waals surface area contributed by atoms with Crippen LogP contribution >= 0.6 is 0 Å². The lowest BCUT2D eigenvalue weighted by Gasteiger charge is -1.97. The molecule has 0 aromatic rings. The van der Waals surface area contributed by atoms with Gasteiger partial charge in [0.25, 0.3) is 0 Å². The van der Waals surface area contributed by atoms with Gasteiger partial charge in [0.1, 0.15) is 11.5 Å². The highest BCUT2D eigenvalue weighted by atomic mass is 16.6. The summed E-state index contributed by atoms with van der Waals surface area (Å²) in [7, 11) is 0. The maximum absolute atomic E-state index is 5.12. The summed E-state index contributed by atoms with van der Waals surface area (Å²) in [5, 5.41) is 0. The van der Waals surface area contributed by atoms with Crippen LogP contribution in [0, 0.1) is 0 Å². The lowest BCUT2D eigenvalue weighted by Crippen LogP contribution is -1.83. The van der Waals surface area contributed by atoms with Crippen LogP contribution in [0.15, 0.2) is 23.7 Å². The van der Waals surface area contributed by atoms with Gasteiger partial charge in [-0.2, -0.15) is 0 Å². The molecule has 1 aliphatic heterocycles. The third kappa shape index (κ3) is 0.474. The first kappa shape index (κ1) is 4.19. The van der Waals surface area contributed by atoms with Crippen LogP contribution in [0.2, 0.25) is 0 Å². The number of ether oxygens (including phenoxy) is 1. The van der Waals surface area contributed by atoms with E-state index in [1.165, 1.54) is 17.1 Å². The Hall–Kier alpha value is -0.720. The summed E-state index contributed by atoms with van der Waals surface area (Å²) in [4.78, 5) is 0. The maximum atomic E-state index is 5.12. The van der Waals surface area contributed by atoms with Gasteiger partial charge < -0.3 is 4.74 Å². The van der Waals surface area contributed by atoms with Crippen LogP contribution in [0.25, 0.3) is 0 Å². The molecule has 1 heteroatoms. The smallest absolute Gasteiger partial charge is 0.146 e. The molecule has 0 bridgehead atoms. The Bertz CT molecular complexity index is 177. The minimum atomic E-state index is 1.01. The van der Waals surface area contributed by atoms with Crippen molar-refractivity contribution >= 4 is 0 Å². The summed E-state index contributed by atoms with van der Waals surface area (Å²) in [6, 6.07) is 0. The lowest BCUT2D eigenvalue weighted by atomic mass is 10.0. The molecule has 0 N–H and O–H groups in total. The molecule has 1 heterocycles. The predicted molar refractivity (Wildman–Crippen MR) is 31.1 cm³/mol. The second-order valence-corrected chi connectivity index (χ2v) is 2.38. The quantitative estimate of drug-likeness (QED) is 0.432. The summed E-state index contributed by atoms with van der Waals surface area (Å²) in [6.45, 7) is 3.88. The zero-order chi connectivity index (χ0) is 5.56. The third-order valence-electron chi connectivity index (χ3n) is 1.63. The molecule has 0 fully saturated rings. The van der Waals surface area contributed by atoms with Gasteiger partial charge in [0, 0.05) is 12.8 Å². The topological polar surface area (TPSA) is 12.5 Å². The zero-order valence-corrected chi connectivity index (χ0v) is 4.74. The van der Waals surface area contributed by atoms with Crippen LogP contribution in [0.3, 0.4) is 0 Å². The van der Waals surface area contributed by atoms with Crippen molar-refractivity contribution in [2.45, 2.75) is 19.3 Å². The maximum Gasteiger partial charge on any atom is 0.146 e.